The molecule has 226 valence electrons. The molecule has 0 saturated carbocycles. The maximum atomic E-state index is 13.8. The fraction of sp³-hybridized carbons (Fsp3) is 0.452. The summed E-state index contributed by atoms with van der Waals surface area (Å²) in [6, 6.07) is 6.74. The molecule has 1 aromatic carbocycles. The van der Waals surface area contributed by atoms with Crippen LogP contribution < -0.4 is 19.8 Å². The van der Waals surface area contributed by atoms with E-state index in [2.05, 4.69) is 4.99 Å². The summed E-state index contributed by atoms with van der Waals surface area (Å²) in [5, 5.41) is 11.4. The summed E-state index contributed by atoms with van der Waals surface area (Å²) in [4.78, 5) is 58.3. The Hall–Kier alpha value is -4.12. The van der Waals surface area contributed by atoms with Crippen molar-refractivity contribution in [1.82, 2.24) is 9.47 Å². The monoisotopic (exact) mass is 609 g/mol. The van der Waals surface area contributed by atoms with E-state index in [-0.39, 0.29) is 76.1 Å². The summed E-state index contributed by atoms with van der Waals surface area (Å²) in [5.74, 6) is -1.60. The van der Waals surface area contributed by atoms with Crippen molar-refractivity contribution in [3.8, 4) is 17.2 Å². The predicted molar refractivity (Wildman–Crippen MR) is 157 cm³/mol. The number of carbonyl (C=O) groups excluding carboxylic acids is 3. The molecular weight excluding hydrogens is 578 g/mol. The van der Waals surface area contributed by atoms with Gasteiger partial charge in [-0.25, -0.2) is 0 Å². The third kappa shape index (κ3) is 4.52. The first-order chi connectivity index (χ1) is 20.6. The van der Waals surface area contributed by atoms with E-state index in [1.54, 1.807) is 19.1 Å². The van der Waals surface area contributed by atoms with Crippen LogP contribution in [0.1, 0.15) is 48.2 Å². The Morgan fingerprint density at radius 1 is 1.19 bits per heavy atom. The van der Waals surface area contributed by atoms with Crippen molar-refractivity contribution in [3.05, 3.63) is 62.2 Å². The third-order valence-electron chi connectivity index (χ3n) is 9.02. The molecule has 4 atom stereocenters. The fourth-order valence-corrected chi connectivity index (χ4v) is 7.15. The Morgan fingerprint density at radius 3 is 2.70 bits per heavy atom. The molecule has 1 saturated heterocycles. The molecule has 4 heterocycles. The molecule has 1 fully saturated rings. The van der Waals surface area contributed by atoms with E-state index in [1.807, 2.05) is 15.5 Å². The highest BCUT2D eigenvalue weighted by Crippen LogP contribution is 2.54. The van der Waals surface area contributed by atoms with Crippen molar-refractivity contribution < 1.29 is 33.7 Å². The number of benzene rings is 1. The van der Waals surface area contributed by atoms with Crippen LogP contribution in [0.15, 0.2) is 45.4 Å². The molecule has 1 amide bonds. The number of aromatic nitrogens is 1. The number of aliphatic hydroxyl groups is 1. The second kappa shape index (κ2) is 10.9. The molecule has 1 aromatic heterocycles. The number of aliphatic hydroxyl groups excluding tert-OH is 1. The lowest BCUT2D eigenvalue weighted by atomic mass is 9.73. The molecular formula is C31H32ClN3O8. The number of halogens is 1. The number of aliphatic imine (C=N–C) groups is 1. The zero-order valence-electron chi connectivity index (χ0n) is 24.1. The van der Waals surface area contributed by atoms with Crippen molar-refractivity contribution in [2.45, 2.75) is 44.2 Å². The first-order valence-corrected chi connectivity index (χ1v) is 14.6. The summed E-state index contributed by atoms with van der Waals surface area (Å²) in [7, 11) is 2.80. The second-order valence-electron chi connectivity index (χ2n) is 11.5. The first kappa shape index (κ1) is 29.0. The van der Waals surface area contributed by atoms with Crippen molar-refractivity contribution in [1.29, 1.82) is 0 Å². The molecule has 0 unspecified atom stereocenters. The van der Waals surface area contributed by atoms with Crippen LogP contribution in [0.4, 0.5) is 0 Å². The van der Waals surface area contributed by atoms with E-state index in [0.29, 0.717) is 19.6 Å². The number of rotatable bonds is 6. The standard InChI is InChI=1S/C31H32ClN3O8/c1-16-9-21(36)19(29(39)31(16)30(40)26-22(41-2)11-23(42-3)27(32)28(26)43-31)12-33-8-7-24(37)34-13-17-10-18(15-34)20-5-4-6-25(38)35(20)14-17/h4-6,11-12,16-18,39H,7-10,13-15H2,1-3H3/t16-,17-,18+,31+/m1/s1. The number of allylic oxidation sites excluding steroid dienone is 1. The van der Waals surface area contributed by atoms with E-state index in [0.717, 1.165) is 12.1 Å². The van der Waals surface area contributed by atoms with Crippen LogP contribution in [0.3, 0.4) is 0 Å². The highest BCUT2D eigenvalue weighted by molar-refractivity contribution is 6.35. The third-order valence-corrected chi connectivity index (χ3v) is 9.38. The van der Waals surface area contributed by atoms with Gasteiger partial charge in [0.05, 0.1) is 19.8 Å². The van der Waals surface area contributed by atoms with E-state index in [1.165, 1.54) is 26.5 Å². The summed E-state index contributed by atoms with van der Waals surface area (Å²) < 4.78 is 18.6. The van der Waals surface area contributed by atoms with Crippen molar-refractivity contribution >= 4 is 35.3 Å². The lowest BCUT2D eigenvalue weighted by molar-refractivity contribution is -0.133. The van der Waals surface area contributed by atoms with Crippen LogP contribution >= 0.6 is 11.6 Å². The zero-order chi connectivity index (χ0) is 30.6. The summed E-state index contributed by atoms with van der Waals surface area (Å²) >= 11 is 6.47. The molecule has 2 aromatic rings. The minimum Gasteiger partial charge on any atom is -0.507 e. The van der Waals surface area contributed by atoms with Gasteiger partial charge in [0, 0.05) is 74.9 Å². The van der Waals surface area contributed by atoms with Gasteiger partial charge in [0.25, 0.3) is 5.56 Å². The van der Waals surface area contributed by atoms with Crippen LogP contribution in [0, 0.1) is 11.8 Å². The van der Waals surface area contributed by atoms with Crippen LogP contribution in [0.2, 0.25) is 5.02 Å². The van der Waals surface area contributed by atoms with E-state index >= 15 is 0 Å². The first-order valence-electron chi connectivity index (χ1n) is 14.2. The number of fused-ring (bicyclic) bond motifs is 5. The number of pyridine rings is 1. The number of methoxy groups -OCH3 is 2. The number of amides is 1. The summed E-state index contributed by atoms with van der Waals surface area (Å²) in [6.07, 6.45) is 2.18. The lowest BCUT2D eigenvalue weighted by Gasteiger charge is -2.42. The summed E-state index contributed by atoms with van der Waals surface area (Å²) in [5.41, 5.74) is -1.03. The number of nitrogens with zero attached hydrogens (tertiary/aromatic N) is 3. The number of ether oxygens (including phenoxy) is 3. The second-order valence-corrected chi connectivity index (χ2v) is 11.9. The van der Waals surface area contributed by atoms with Crippen LogP contribution in [0.5, 0.6) is 17.2 Å². The molecule has 1 aliphatic carbocycles. The number of likely N-dealkylation sites (tertiary alicyclic amines) is 1. The molecule has 1 spiro atoms. The van der Waals surface area contributed by atoms with Gasteiger partial charge in [-0.05, 0) is 18.4 Å². The van der Waals surface area contributed by atoms with Gasteiger partial charge in [-0.2, -0.15) is 0 Å². The molecule has 0 radical (unpaired) electrons. The van der Waals surface area contributed by atoms with Gasteiger partial charge in [-0.3, -0.25) is 24.2 Å². The highest BCUT2D eigenvalue weighted by atomic mass is 35.5. The molecule has 43 heavy (non-hydrogen) atoms. The van der Waals surface area contributed by atoms with Gasteiger partial charge in [-0.15, -0.1) is 0 Å². The maximum absolute atomic E-state index is 13.8. The van der Waals surface area contributed by atoms with Gasteiger partial charge in [-0.1, -0.05) is 24.6 Å². The minimum absolute atomic E-state index is 0.0105. The average Bonchev–Trinajstić information content (AvgIpc) is 3.31. The highest BCUT2D eigenvalue weighted by Gasteiger charge is 2.60. The van der Waals surface area contributed by atoms with Crippen molar-refractivity contribution in [2.24, 2.45) is 16.8 Å². The lowest BCUT2D eigenvalue weighted by Crippen LogP contribution is -2.52. The maximum Gasteiger partial charge on any atom is 0.250 e. The Bertz CT molecular complexity index is 1660. The molecule has 6 rings (SSSR count). The molecule has 2 bridgehead atoms. The topological polar surface area (TPSA) is 137 Å². The van der Waals surface area contributed by atoms with Gasteiger partial charge >= 0.3 is 0 Å². The van der Waals surface area contributed by atoms with Gasteiger partial charge < -0.3 is 28.8 Å². The largest absolute Gasteiger partial charge is 0.507 e. The summed E-state index contributed by atoms with van der Waals surface area (Å²) in [6.45, 7) is 3.42. The van der Waals surface area contributed by atoms with Crippen LogP contribution in [-0.2, 0) is 16.1 Å². The van der Waals surface area contributed by atoms with Gasteiger partial charge in [0.1, 0.15) is 22.1 Å². The minimum atomic E-state index is -1.89. The Labute approximate surface area is 252 Å². The molecule has 1 N–H and O–H groups in total. The zero-order valence-corrected chi connectivity index (χ0v) is 24.8. The number of hydrogen-bond donors (Lipinski definition) is 1. The number of Topliss-reactive ketones (excluding diaryl/α,β-unsaturated/α-hetero) is 2. The average molecular weight is 610 g/mol. The Morgan fingerprint density at radius 2 is 1.95 bits per heavy atom. The van der Waals surface area contributed by atoms with E-state index in [9.17, 15) is 24.3 Å². The number of piperidine rings is 1. The molecule has 12 heteroatoms. The SMILES string of the molecule is COc1cc(OC)c2c(c1Cl)O[C@]1(C2=O)C(O)=C(C=NCCC(=O)N2C[C@H]3C[C@@H](C2)c2cccc(=O)n2C3)C(=O)C[C@H]1C. The van der Waals surface area contributed by atoms with Gasteiger partial charge in [0.15, 0.2) is 17.3 Å². The molecule has 4 aliphatic rings. The Balaban J connectivity index is 1.19. The molecule has 3 aliphatic heterocycles. The van der Waals surface area contributed by atoms with Crippen LogP contribution in [-0.4, -0.2) is 77.7 Å². The van der Waals surface area contributed by atoms with E-state index < -0.39 is 28.8 Å². The van der Waals surface area contributed by atoms with E-state index in [4.69, 9.17) is 25.8 Å². The molecule has 11 nitrogen and oxygen atoms in total. The smallest absolute Gasteiger partial charge is 0.250 e. The normalized spacial score (nSPS) is 26.0. The van der Waals surface area contributed by atoms with Crippen molar-refractivity contribution in [2.75, 3.05) is 33.9 Å². The quantitative estimate of drug-likeness (QED) is 0.492. The van der Waals surface area contributed by atoms with Crippen molar-refractivity contribution in [3.63, 3.8) is 0 Å². The Kier molecular flexibility index (Phi) is 7.32. The predicted octanol–water partition coefficient (Wildman–Crippen LogP) is 3.36. The van der Waals surface area contributed by atoms with Crippen LogP contribution in [0.25, 0.3) is 0 Å². The number of hydrogen-bond acceptors (Lipinski definition) is 9. The number of ketones is 2. The number of carbonyl (C=O) groups is 3. The fourth-order valence-electron chi connectivity index (χ4n) is 6.89. The van der Waals surface area contributed by atoms with Gasteiger partial charge in [0.2, 0.25) is 17.3 Å².